The molecule has 0 unspecified atom stereocenters. The van der Waals surface area contributed by atoms with Crippen LogP contribution in [0.25, 0.3) is 11.4 Å². The van der Waals surface area contributed by atoms with Gasteiger partial charge in [-0.05, 0) is 30.2 Å². The van der Waals surface area contributed by atoms with E-state index in [1.807, 2.05) is 38.1 Å². The topological polar surface area (TPSA) is 106 Å². The van der Waals surface area contributed by atoms with Crippen molar-refractivity contribution in [1.29, 1.82) is 0 Å². The van der Waals surface area contributed by atoms with Crippen LogP contribution in [0.1, 0.15) is 20.3 Å². The number of hydrogen-bond donors (Lipinski definition) is 2. The van der Waals surface area contributed by atoms with Crippen LogP contribution in [0.5, 0.6) is 5.75 Å². The number of nitrogens with zero attached hydrogens (tertiary/aromatic N) is 2. The number of aromatic amines is 1. The zero-order valence-electron chi connectivity index (χ0n) is 15.8. The lowest BCUT2D eigenvalue weighted by atomic mass is 9.99. The van der Waals surface area contributed by atoms with Crippen molar-refractivity contribution < 1.29 is 19.1 Å². The molecule has 1 aromatic carbocycles. The van der Waals surface area contributed by atoms with Gasteiger partial charge in [0.15, 0.2) is 5.82 Å². The Kier molecular flexibility index (Phi) is 7.66. The number of H-pyrrole nitrogens is 1. The van der Waals surface area contributed by atoms with E-state index in [9.17, 15) is 9.59 Å². The maximum atomic E-state index is 12.2. The van der Waals surface area contributed by atoms with Crippen molar-refractivity contribution in [1.82, 2.24) is 20.5 Å². The highest BCUT2D eigenvalue weighted by Crippen LogP contribution is 2.21. The second-order valence-electron chi connectivity index (χ2n) is 5.94. The number of amides is 1. The molecule has 8 nitrogen and oxygen atoms in total. The van der Waals surface area contributed by atoms with Crippen molar-refractivity contribution in [3.63, 3.8) is 0 Å². The lowest BCUT2D eigenvalue weighted by Gasteiger charge is -2.21. The van der Waals surface area contributed by atoms with E-state index in [0.29, 0.717) is 11.0 Å². The molecule has 2 rings (SSSR count). The van der Waals surface area contributed by atoms with Gasteiger partial charge in [-0.15, -0.1) is 5.10 Å². The number of carbonyl (C=O) groups is 2. The highest BCUT2D eigenvalue weighted by Gasteiger charge is 2.26. The molecule has 27 heavy (non-hydrogen) atoms. The number of methoxy groups -OCH3 is 2. The molecule has 0 aliphatic carbocycles. The molecule has 146 valence electrons. The maximum Gasteiger partial charge on any atom is 0.328 e. The maximum absolute atomic E-state index is 12.2. The highest BCUT2D eigenvalue weighted by molar-refractivity contribution is 7.99. The molecular formula is C18H24N4O4S. The van der Waals surface area contributed by atoms with Crippen LogP contribution >= 0.6 is 11.8 Å². The standard InChI is InChI=1S/C18H24N4O4S/c1-5-11(2)15(17(24)26-4)19-14(23)10-27-18-20-16(21-22-18)12-6-8-13(25-3)9-7-12/h6-9,11,15H,5,10H2,1-4H3,(H,19,23)(H,20,21,22)/t11-,15-/m1/s1. The smallest absolute Gasteiger partial charge is 0.328 e. The first kappa shape index (κ1) is 20.8. The summed E-state index contributed by atoms with van der Waals surface area (Å²) in [6.45, 7) is 3.85. The Labute approximate surface area is 162 Å². The van der Waals surface area contributed by atoms with E-state index >= 15 is 0 Å². The van der Waals surface area contributed by atoms with Gasteiger partial charge in [0.05, 0.1) is 20.0 Å². The summed E-state index contributed by atoms with van der Waals surface area (Å²) in [5.74, 6) is 0.730. The fourth-order valence-corrected chi connectivity index (χ4v) is 2.94. The predicted octanol–water partition coefficient (Wildman–Crippen LogP) is 2.28. The summed E-state index contributed by atoms with van der Waals surface area (Å²) in [5.41, 5.74) is 0.863. The van der Waals surface area contributed by atoms with E-state index < -0.39 is 12.0 Å². The Morgan fingerprint density at radius 3 is 2.56 bits per heavy atom. The van der Waals surface area contributed by atoms with Crippen LogP contribution < -0.4 is 10.1 Å². The van der Waals surface area contributed by atoms with Gasteiger partial charge in [0, 0.05) is 5.56 Å². The molecule has 0 saturated heterocycles. The quantitative estimate of drug-likeness (QED) is 0.498. The second kappa shape index (κ2) is 9.96. The molecule has 0 spiro atoms. The molecule has 0 saturated carbocycles. The van der Waals surface area contributed by atoms with Gasteiger partial charge in [-0.2, -0.15) is 0 Å². The first-order valence-electron chi connectivity index (χ1n) is 8.55. The van der Waals surface area contributed by atoms with Crippen LogP contribution in [0.3, 0.4) is 0 Å². The van der Waals surface area contributed by atoms with Crippen LogP contribution in [-0.2, 0) is 14.3 Å². The van der Waals surface area contributed by atoms with Gasteiger partial charge in [0.25, 0.3) is 0 Å². The molecule has 0 aliphatic rings. The summed E-state index contributed by atoms with van der Waals surface area (Å²) in [5, 5.41) is 10.1. The van der Waals surface area contributed by atoms with Gasteiger partial charge in [0.2, 0.25) is 11.1 Å². The Morgan fingerprint density at radius 2 is 1.96 bits per heavy atom. The molecule has 9 heteroatoms. The lowest BCUT2D eigenvalue weighted by Crippen LogP contribution is -2.46. The first-order chi connectivity index (χ1) is 13.0. The largest absolute Gasteiger partial charge is 0.497 e. The van der Waals surface area contributed by atoms with Gasteiger partial charge in [-0.3, -0.25) is 9.89 Å². The Balaban J connectivity index is 1.93. The number of benzene rings is 1. The normalized spacial score (nSPS) is 12.9. The zero-order chi connectivity index (χ0) is 19.8. The molecule has 0 fully saturated rings. The van der Waals surface area contributed by atoms with Gasteiger partial charge >= 0.3 is 5.97 Å². The molecule has 1 amide bonds. The lowest BCUT2D eigenvalue weighted by molar-refractivity contribution is -0.146. The van der Waals surface area contributed by atoms with E-state index in [4.69, 9.17) is 9.47 Å². The SMILES string of the molecule is CC[C@@H](C)[C@@H](NC(=O)CSc1n[nH]c(-c2ccc(OC)cc2)n1)C(=O)OC. The Bertz CT molecular complexity index is 763. The summed E-state index contributed by atoms with van der Waals surface area (Å²) in [7, 11) is 2.92. The number of thioether (sulfide) groups is 1. The van der Waals surface area contributed by atoms with Crippen LogP contribution in [-0.4, -0.2) is 53.1 Å². The third-order valence-electron chi connectivity index (χ3n) is 4.15. The van der Waals surface area contributed by atoms with Gasteiger partial charge < -0.3 is 14.8 Å². The number of ether oxygens (including phenoxy) is 2. The fourth-order valence-electron chi connectivity index (χ4n) is 2.33. The van der Waals surface area contributed by atoms with Crippen molar-refractivity contribution in [2.75, 3.05) is 20.0 Å². The molecular weight excluding hydrogens is 368 g/mol. The minimum absolute atomic E-state index is 0.0171. The summed E-state index contributed by atoms with van der Waals surface area (Å²) in [4.78, 5) is 28.4. The number of carbonyl (C=O) groups excluding carboxylic acids is 2. The van der Waals surface area contributed by atoms with Crippen LogP contribution in [0, 0.1) is 5.92 Å². The predicted molar refractivity (Wildman–Crippen MR) is 102 cm³/mol. The number of rotatable bonds is 9. The van der Waals surface area contributed by atoms with Gasteiger partial charge in [0.1, 0.15) is 11.8 Å². The van der Waals surface area contributed by atoms with E-state index in [2.05, 4.69) is 20.5 Å². The summed E-state index contributed by atoms with van der Waals surface area (Å²) in [6.07, 6.45) is 0.749. The van der Waals surface area contributed by atoms with Crippen LogP contribution in [0.4, 0.5) is 0 Å². The molecule has 2 N–H and O–H groups in total. The summed E-state index contributed by atoms with van der Waals surface area (Å²) in [6, 6.07) is 6.75. The summed E-state index contributed by atoms with van der Waals surface area (Å²) < 4.78 is 9.90. The Morgan fingerprint density at radius 1 is 1.26 bits per heavy atom. The van der Waals surface area contributed by atoms with Crippen molar-refractivity contribution in [2.24, 2.45) is 5.92 Å². The van der Waals surface area contributed by atoms with E-state index in [-0.39, 0.29) is 17.6 Å². The third kappa shape index (κ3) is 5.72. The Hall–Kier alpha value is -2.55. The number of esters is 1. The number of hydrogen-bond acceptors (Lipinski definition) is 7. The molecule has 0 radical (unpaired) electrons. The van der Waals surface area contributed by atoms with E-state index in [1.54, 1.807) is 7.11 Å². The van der Waals surface area contributed by atoms with E-state index in [0.717, 1.165) is 17.7 Å². The number of nitrogens with one attached hydrogen (secondary N) is 2. The average Bonchev–Trinajstić information content (AvgIpc) is 3.18. The average molecular weight is 392 g/mol. The van der Waals surface area contributed by atoms with Crippen LogP contribution in [0.2, 0.25) is 0 Å². The molecule has 1 aromatic heterocycles. The minimum atomic E-state index is -0.657. The van der Waals surface area contributed by atoms with E-state index in [1.165, 1.54) is 18.9 Å². The van der Waals surface area contributed by atoms with Crippen LogP contribution in [0.15, 0.2) is 29.4 Å². The minimum Gasteiger partial charge on any atom is -0.497 e. The first-order valence-corrected chi connectivity index (χ1v) is 9.53. The second-order valence-corrected chi connectivity index (χ2v) is 6.88. The van der Waals surface area contributed by atoms with Crippen molar-refractivity contribution in [2.45, 2.75) is 31.5 Å². The highest BCUT2D eigenvalue weighted by atomic mass is 32.2. The zero-order valence-corrected chi connectivity index (χ0v) is 16.6. The van der Waals surface area contributed by atoms with Crippen molar-refractivity contribution in [3.8, 4) is 17.1 Å². The monoisotopic (exact) mass is 392 g/mol. The van der Waals surface area contributed by atoms with Gasteiger partial charge in [-0.25, -0.2) is 9.78 Å². The number of aromatic nitrogens is 3. The third-order valence-corrected chi connectivity index (χ3v) is 4.99. The van der Waals surface area contributed by atoms with Gasteiger partial charge in [-0.1, -0.05) is 32.0 Å². The molecule has 0 bridgehead atoms. The van der Waals surface area contributed by atoms with Crippen molar-refractivity contribution in [3.05, 3.63) is 24.3 Å². The molecule has 0 aliphatic heterocycles. The van der Waals surface area contributed by atoms with Crippen molar-refractivity contribution >= 4 is 23.6 Å². The molecule has 1 heterocycles. The molecule has 2 atom stereocenters. The fraction of sp³-hybridized carbons (Fsp3) is 0.444. The summed E-state index contributed by atoms with van der Waals surface area (Å²) >= 11 is 1.19. The molecule has 2 aromatic rings.